The second-order valence-electron chi connectivity index (χ2n) is 6.80. The Morgan fingerprint density at radius 1 is 1.00 bits per heavy atom. The van der Waals surface area contributed by atoms with Gasteiger partial charge in [-0.1, -0.05) is 80.9 Å². The van der Waals surface area contributed by atoms with Gasteiger partial charge in [0.2, 0.25) is 0 Å². The van der Waals surface area contributed by atoms with Crippen LogP contribution in [-0.2, 0) is 22.7 Å². The van der Waals surface area contributed by atoms with Gasteiger partial charge in [0.15, 0.2) is 0 Å². The molecule has 2 aromatic rings. The number of nitrogens with one attached hydrogen (secondary N) is 1. The summed E-state index contributed by atoms with van der Waals surface area (Å²) in [6.07, 6.45) is 4.23. The predicted molar refractivity (Wildman–Crippen MR) is 126 cm³/mol. The Bertz CT molecular complexity index is 619. The molecule has 0 saturated heterocycles. The summed E-state index contributed by atoms with van der Waals surface area (Å²) in [5.74, 6) is 0.289. The van der Waals surface area contributed by atoms with E-state index in [0.717, 1.165) is 19.4 Å². The standard InChI is InChI=1S/C12H19N.C7H9N.C5H10O.CH2O2/c1-3-7-11(2)13-10-12-8-5-4-6-9-12;8-6-7-4-2-1-3-5-7;1-3-4-5(2)6;2-1-3/h4-6,8-9,11,13H,3,7,10H2,1-2H3;1-5H,6,8H2;3-4H2,1-2H3;1H,(H,2,3). The van der Waals surface area contributed by atoms with Crippen LogP contribution in [0.25, 0.3) is 0 Å². The molecule has 0 spiro atoms. The van der Waals surface area contributed by atoms with Crippen LogP contribution < -0.4 is 11.1 Å². The third kappa shape index (κ3) is 21.8. The van der Waals surface area contributed by atoms with E-state index < -0.39 is 0 Å². The lowest BCUT2D eigenvalue weighted by Gasteiger charge is -2.12. The number of benzene rings is 2. The minimum absolute atomic E-state index is 0.250. The Balaban J connectivity index is 0. The van der Waals surface area contributed by atoms with E-state index in [1.165, 1.54) is 24.0 Å². The molecule has 0 bridgehead atoms. The largest absolute Gasteiger partial charge is 0.483 e. The maximum absolute atomic E-state index is 10.0. The number of rotatable bonds is 8. The highest BCUT2D eigenvalue weighted by molar-refractivity contribution is 5.75. The van der Waals surface area contributed by atoms with Crippen molar-refractivity contribution in [3.8, 4) is 0 Å². The van der Waals surface area contributed by atoms with Crippen LogP contribution in [0.1, 0.15) is 64.5 Å². The van der Waals surface area contributed by atoms with E-state index in [1.54, 1.807) is 6.92 Å². The predicted octanol–water partition coefficient (Wildman–Crippen LogP) is 5.19. The number of hydrogen-bond acceptors (Lipinski definition) is 4. The zero-order valence-corrected chi connectivity index (χ0v) is 19.0. The Morgan fingerprint density at radius 2 is 1.47 bits per heavy atom. The molecule has 2 aromatic carbocycles. The maximum atomic E-state index is 10.0. The van der Waals surface area contributed by atoms with Crippen molar-refractivity contribution >= 4 is 12.3 Å². The third-order valence-corrected chi connectivity index (χ3v) is 3.90. The van der Waals surface area contributed by atoms with Crippen LogP contribution in [0.4, 0.5) is 0 Å². The second-order valence-corrected chi connectivity index (χ2v) is 6.80. The molecule has 0 aliphatic carbocycles. The molecular weight excluding hydrogens is 376 g/mol. The highest BCUT2D eigenvalue weighted by atomic mass is 16.3. The summed E-state index contributed by atoms with van der Waals surface area (Å²) >= 11 is 0. The molecule has 1 unspecified atom stereocenters. The van der Waals surface area contributed by atoms with Gasteiger partial charge >= 0.3 is 0 Å². The monoisotopic (exact) mass is 416 g/mol. The molecule has 30 heavy (non-hydrogen) atoms. The molecule has 168 valence electrons. The van der Waals surface area contributed by atoms with Crippen molar-refractivity contribution in [2.24, 2.45) is 5.73 Å². The van der Waals surface area contributed by atoms with E-state index in [2.05, 4.69) is 49.5 Å². The topological polar surface area (TPSA) is 92.4 Å². The van der Waals surface area contributed by atoms with E-state index in [1.807, 2.05) is 37.3 Å². The number of carbonyl (C=O) groups excluding carboxylic acids is 1. The van der Waals surface area contributed by atoms with Crippen LogP contribution in [0, 0.1) is 0 Å². The van der Waals surface area contributed by atoms with Crippen LogP contribution in [0.15, 0.2) is 60.7 Å². The van der Waals surface area contributed by atoms with E-state index >= 15 is 0 Å². The van der Waals surface area contributed by atoms with Gasteiger partial charge < -0.3 is 21.0 Å². The van der Waals surface area contributed by atoms with Crippen LogP contribution in [0.3, 0.4) is 0 Å². The Kier molecular flexibility index (Phi) is 22.6. The fourth-order valence-corrected chi connectivity index (χ4v) is 2.39. The molecule has 0 aromatic heterocycles. The summed E-state index contributed by atoms with van der Waals surface area (Å²) in [6.45, 7) is 9.46. The Morgan fingerprint density at radius 3 is 1.77 bits per heavy atom. The van der Waals surface area contributed by atoms with Gasteiger partial charge in [0.1, 0.15) is 5.78 Å². The van der Waals surface area contributed by atoms with Crippen molar-refractivity contribution in [3.63, 3.8) is 0 Å². The minimum atomic E-state index is -0.250. The van der Waals surface area contributed by atoms with Crippen molar-refractivity contribution in [1.29, 1.82) is 0 Å². The van der Waals surface area contributed by atoms with Crippen molar-refractivity contribution in [2.45, 2.75) is 72.5 Å². The second kappa shape index (κ2) is 22.8. The molecule has 0 radical (unpaired) electrons. The number of ketones is 1. The highest BCUT2D eigenvalue weighted by Crippen LogP contribution is 2.00. The van der Waals surface area contributed by atoms with Gasteiger partial charge in [-0.25, -0.2) is 0 Å². The first-order valence-electron chi connectivity index (χ1n) is 10.5. The average molecular weight is 417 g/mol. The molecule has 0 aliphatic rings. The summed E-state index contributed by atoms with van der Waals surface area (Å²) in [5.41, 5.74) is 7.90. The summed E-state index contributed by atoms with van der Waals surface area (Å²) in [4.78, 5) is 18.4. The first-order chi connectivity index (χ1) is 14.4. The molecule has 5 heteroatoms. The van der Waals surface area contributed by atoms with Crippen LogP contribution in [0.2, 0.25) is 0 Å². The number of carbonyl (C=O) groups is 2. The van der Waals surface area contributed by atoms with Gasteiger partial charge in [0.05, 0.1) is 0 Å². The van der Waals surface area contributed by atoms with Gasteiger partial charge in [-0.15, -0.1) is 0 Å². The molecule has 4 N–H and O–H groups in total. The SMILES string of the molecule is CCCC(C)=O.CCCC(C)NCc1ccccc1.NCc1ccccc1.O=CO. The lowest BCUT2D eigenvalue weighted by molar-refractivity contribution is -0.123. The fraction of sp³-hybridized carbons (Fsp3) is 0.440. The van der Waals surface area contributed by atoms with Gasteiger partial charge in [-0.2, -0.15) is 0 Å². The molecule has 2 rings (SSSR count). The molecule has 0 aliphatic heterocycles. The van der Waals surface area contributed by atoms with Crippen LogP contribution in [-0.4, -0.2) is 23.4 Å². The lowest BCUT2D eigenvalue weighted by Crippen LogP contribution is -2.24. The van der Waals surface area contributed by atoms with Gasteiger partial charge in [-0.05, 0) is 37.8 Å². The van der Waals surface area contributed by atoms with Gasteiger partial charge in [-0.3, -0.25) is 4.79 Å². The lowest BCUT2D eigenvalue weighted by atomic mass is 10.1. The molecular formula is C25H40N2O3. The molecule has 0 saturated carbocycles. The molecule has 5 nitrogen and oxygen atoms in total. The number of nitrogens with two attached hydrogens (primary N) is 1. The zero-order chi connectivity index (χ0) is 23.0. The maximum Gasteiger partial charge on any atom is 0.290 e. The minimum Gasteiger partial charge on any atom is -0.483 e. The van der Waals surface area contributed by atoms with E-state index in [9.17, 15) is 4.79 Å². The fourth-order valence-electron chi connectivity index (χ4n) is 2.39. The summed E-state index contributed by atoms with van der Waals surface area (Å²) in [7, 11) is 0. The van der Waals surface area contributed by atoms with Gasteiger partial charge in [0.25, 0.3) is 6.47 Å². The third-order valence-electron chi connectivity index (χ3n) is 3.90. The van der Waals surface area contributed by atoms with E-state index in [4.69, 9.17) is 15.6 Å². The molecule has 0 amide bonds. The molecule has 0 heterocycles. The Hall–Kier alpha value is -2.50. The van der Waals surface area contributed by atoms with Gasteiger partial charge in [0, 0.05) is 25.6 Å². The summed E-state index contributed by atoms with van der Waals surface area (Å²) in [6, 6.07) is 21.2. The zero-order valence-electron chi connectivity index (χ0n) is 19.0. The first kappa shape index (κ1) is 29.7. The normalized spacial score (nSPS) is 10.0. The van der Waals surface area contributed by atoms with Crippen molar-refractivity contribution in [3.05, 3.63) is 71.8 Å². The van der Waals surface area contributed by atoms with Crippen molar-refractivity contribution < 1.29 is 14.7 Å². The summed E-state index contributed by atoms with van der Waals surface area (Å²) < 4.78 is 0. The number of carboxylic acid groups (broad SMARTS) is 1. The highest BCUT2D eigenvalue weighted by Gasteiger charge is 1.98. The van der Waals surface area contributed by atoms with E-state index in [-0.39, 0.29) is 12.3 Å². The Labute approximate surface area is 182 Å². The smallest absolute Gasteiger partial charge is 0.290 e. The molecule has 0 fully saturated rings. The first-order valence-corrected chi connectivity index (χ1v) is 10.5. The van der Waals surface area contributed by atoms with Crippen molar-refractivity contribution in [2.75, 3.05) is 0 Å². The number of Topliss-reactive ketones (excluding diaryl/α,β-unsaturated/α-hetero) is 1. The quantitative estimate of drug-likeness (QED) is 0.515. The molecule has 1 atom stereocenters. The van der Waals surface area contributed by atoms with Crippen LogP contribution >= 0.6 is 0 Å². The van der Waals surface area contributed by atoms with Crippen molar-refractivity contribution in [1.82, 2.24) is 5.32 Å². The summed E-state index contributed by atoms with van der Waals surface area (Å²) in [5, 5.41) is 10.4. The average Bonchev–Trinajstić information content (AvgIpc) is 2.75. The van der Waals surface area contributed by atoms with Crippen LogP contribution in [0.5, 0.6) is 0 Å². The number of hydrogen-bond donors (Lipinski definition) is 3. The van der Waals surface area contributed by atoms with E-state index in [0.29, 0.717) is 12.6 Å².